The highest BCUT2D eigenvalue weighted by molar-refractivity contribution is 6.74. The van der Waals surface area contributed by atoms with Crippen molar-refractivity contribution in [3.63, 3.8) is 0 Å². The zero-order chi connectivity index (χ0) is 18.7. The molecule has 0 aliphatic rings. The van der Waals surface area contributed by atoms with Crippen LogP contribution in [0.2, 0.25) is 23.2 Å². The molecule has 0 amide bonds. The number of rotatable bonds is 7. The Morgan fingerprint density at radius 3 is 2.68 bits per heavy atom. The fourth-order valence-corrected chi connectivity index (χ4v) is 3.09. The van der Waals surface area contributed by atoms with Gasteiger partial charge in [0.1, 0.15) is 5.82 Å². The third-order valence-electron chi connectivity index (χ3n) is 4.51. The van der Waals surface area contributed by atoms with Crippen molar-refractivity contribution in [1.29, 1.82) is 0 Å². The van der Waals surface area contributed by atoms with E-state index in [-0.39, 0.29) is 10.1 Å². The minimum atomic E-state index is -1.74. The molecule has 1 aromatic heterocycles. The lowest BCUT2D eigenvalue weighted by Gasteiger charge is -2.36. The van der Waals surface area contributed by atoms with E-state index in [2.05, 4.69) is 54.7 Å². The molecule has 1 heterocycles. The lowest BCUT2D eigenvalue weighted by Crippen LogP contribution is -2.42. The highest BCUT2D eigenvalue weighted by Gasteiger charge is 2.36. The SMILES string of the molecule is CC(C)(C)[Si](C)(C)OCCNCc1nnnn1-c1ccc(Cl)c(F)c1. The lowest BCUT2D eigenvalue weighted by molar-refractivity contribution is 0.285. The molecule has 9 heteroatoms. The number of hydrogen-bond donors (Lipinski definition) is 1. The van der Waals surface area contributed by atoms with Gasteiger partial charge in [-0.05, 0) is 40.7 Å². The van der Waals surface area contributed by atoms with E-state index < -0.39 is 14.1 Å². The molecule has 0 saturated carbocycles. The smallest absolute Gasteiger partial charge is 0.192 e. The first kappa shape index (κ1) is 20.0. The van der Waals surface area contributed by atoms with Crippen LogP contribution < -0.4 is 5.32 Å². The van der Waals surface area contributed by atoms with Crippen molar-refractivity contribution in [3.8, 4) is 5.69 Å². The summed E-state index contributed by atoms with van der Waals surface area (Å²) in [7, 11) is -1.74. The van der Waals surface area contributed by atoms with Crippen LogP contribution in [-0.4, -0.2) is 41.7 Å². The monoisotopic (exact) mass is 385 g/mol. The minimum Gasteiger partial charge on any atom is -0.416 e. The molecule has 2 aromatic rings. The number of hydrogen-bond acceptors (Lipinski definition) is 5. The molecule has 1 N–H and O–H groups in total. The Balaban J connectivity index is 1.89. The van der Waals surface area contributed by atoms with Crippen LogP contribution in [0.15, 0.2) is 18.2 Å². The van der Waals surface area contributed by atoms with Gasteiger partial charge in [-0.15, -0.1) is 5.10 Å². The summed E-state index contributed by atoms with van der Waals surface area (Å²) in [6.45, 7) is 12.9. The van der Waals surface area contributed by atoms with E-state index in [1.54, 1.807) is 6.07 Å². The van der Waals surface area contributed by atoms with Crippen molar-refractivity contribution in [2.45, 2.75) is 45.4 Å². The van der Waals surface area contributed by atoms with Gasteiger partial charge in [-0.3, -0.25) is 0 Å². The maximum atomic E-state index is 13.6. The van der Waals surface area contributed by atoms with Gasteiger partial charge in [0.2, 0.25) is 0 Å². The van der Waals surface area contributed by atoms with Crippen LogP contribution in [0.1, 0.15) is 26.6 Å². The zero-order valence-electron chi connectivity index (χ0n) is 15.3. The van der Waals surface area contributed by atoms with Gasteiger partial charge in [-0.1, -0.05) is 32.4 Å². The van der Waals surface area contributed by atoms with Gasteiger partial charge in [0, 0.05) is 19.2 Å². The highest BCUT2D eigenvalue weighted by Crippen LogP contribution is 2.36. The molecular weight excluding hydrogens is 361 g/mol. The van der Waals surface area contributed by atoms with Crippen LogP contribution in [0.25, 0.3) is 5.69 Å². The summed E-state index contributed by atoms with van der Waals surface area (Å²) in [5, 5.41) is 15.1. The second-order valence-electron chi connectivity index (χ2n) is 7.39. The van der Waals surface area contributed by atoms with E-state index in [0.29, 0.717) is 31.2 Å². The van der Waals surface area contributed by atoms with Gasteiger partial charge in [-0.25, -0.2) is 4.39 Å². The predicted octanol–water partition coefficient (Wildman–Crippen LogP) is 3.57. The summed E-state index contributed by atoms with van der Waals surface area (Å²) >= 11 is 5.71. The second-order valence-corrected chi connectivity index (χ2v) is 12.6. The third kappa shape index (κ3) is 5.07. The molecular formula is C16H25ClFN5OSi. The normalized spacial score (nSPS) is 12.6. The van der Waals surface area contributed by atoms with Crippen molar-refractivity contribution in [2.24, 2.45) is 0 Å². The first-order valence-corrected chi connectivity index (χ1v) is 11.5. The quantitative estimate of drug-likeness (QED) is 0.583. The standard InChI is InChI=1S/C16H25ClFN5OSi/c1-16(2,3)25(4,5)24-9-8-19-11-15-20-21-22-23(15)12-6-7-13(17)14(18)10-12/h6-7,10,19H,8-9,11H2,1-5H3. The van der Waals surface area contributed by atoms with E-state index in [0.717, 1.165) is 0 Å². The van der Waals surface area contributed by atoms with Crippen molar-refractivity contribution in [2.75, 3.05) is 13.2 Å². The van der Waals surface area contributed by atoms with E-state index in [4.69, 9.17) is 16.0 Å². The van der Waals surface area contributed by atoms with Gasteiger partial charge in [0.15, 0.2) is 14.1 Å². The molecule has 0 radical (unpaired) electrons. The summed E-state index contributed by atoms with van der Waals surface area (Å²) in [5.41, 5.74) is 0.529. The number of aromatic nitrogens is 4. The average Bonchev–Trinajstić information content (AvgIpc) is 2.97. The number of benzene rings is 1. The molecule has 0 aliphatic heterocycles. The van der Waals surface area contributed by atoms with Gasteiger partial charge in [0.25, 0.3) is 0 Å². The largest absolute Gasteiger partial charge is 0.416 e. The summed E-state index contributed by atoms with van der Waals surface area (Å²) < 4.78 is 21.2. The zero-order valence-corrected chi connectivity index (χ0v) is 17.1. The first-order valence-electron chi connectivity index (χ1n) is 8.19. The predicted molar refractivity (Wildman–Crippen MR) is 99.0 cm³/mol. The fourth-order valence-electron chi connectivity index (χ4n) is 1.93. The Morgan fingerprint density at radius 2 is 2.04 bits per heavy atom. The molecule has 0 spiro atoms. The molecule has 0 bridgehead atoms. The van der Waals surface area contributed by atoms with Crippen LogP contribution >= 0.6 is 11.6 Å². The Hall–Kier alpha value is -1.35. The number of halogens is 2. The Kier molecular flexibility index (Phi) is 6.31. The van der Waals surface area contributed by atoms with Crippen LogP contribution in [-0.2, 0) is 11.0 Å². The van der Waals surface area contributed by atoms with Gasteiger partial charge < -0.3 is 9.74 Å². The highest BCUT2D eigenvalue weighted by atomic mass is 35.5. The summed E-state index contributed by atoms with van der Waals surface area (Å²) in [6, 6.07) is 4.47. The number of nitrogens with one attached hydrogen (secondary N) is 1. The van der Waals surface area contributed by atoms with Gasteiger partial charge in [-0.2, -0.15) is 4.68 Å². The average molecular weight is 386 g/mol. The minimum absolute atomic E-state index is 0.0688. The Labute approximate surface area is 153 Å². The fraction of sp³-hybridized carbons (Fsp3) is 0.562. The molecule has 0 fully saturated rings. The molecule has 1 aromatic carbocycles. The first-order chi connectivity index (χ1) is 11.6. The van der Waals surface area contributed by atoms with Crippen LogP contribution in [0.3, 0.4) is 0 Å². The van der Waals surface area contributed by atoms with E-state index >= 15 is 0 Å². The van der Waals surface area contributed by atoms with Gasteiger partial charge in [0.05, 0.1) is 17.3 Å². The molecule has 6 nitrogen and oxygen atoms in total. The molecule has 0 saturated heterocycles. The molecule has 2 rings (SSSR count). The maximum Gasteiger partial charge on any atom is 0.192 e. The van der Waals surface area contributed by atoms with Crippen LogP contribution in [0.4, 0.5) is 4.39 Å². The maximum absolute atomic E-state index is 13.6. The number of nitrogens with zero attached hydrogens (tertiary/aromatic N) is 4. The van der Waals surface area contributed by atoms with Crippen molar-refractivity contribution in [1.82, 2.24) is 25.5 Å². The third-order valence-corrected chi connectivity index (χ3v) is 9.36. The topological polar surface area (TPSA) is 64.9 Å². The molecule has 25 heavy (non-hydrogen) atoms. The van der Waals surface area contributed by atoms with Crippen LogP contribution in [0, 0.1) is 5.82 Å². The van der Waals surface area contributed by atoms with Crippen LogP contribution in [0.5, 0.6) is 0 Å². The van der Waals surface area contributed by atoms with Crippen molar-refractivity contribution < 1.29 is 8.82 Å². The Bertz CT molecular complexity index is 717. The summed E-state index contributed by atoms with van der Waals surface area (Å²) in [4.78, 5) is 0. The molecule has 138 valence electrons. The molecule has 0 aliphatic carbocycles. The van der Waals surface area contributed by atoms with E-state index in [9.17, 15) is 4.39 Å². The van der Waals surface area contributed by atoms with Gasteiger partial charge >= 0.3 is 0 Å². The molecule has 0 atom stereocenters. The second kappa shape index (κ2) is 7.90. The van der Waals surface area contributed by atoms with E-state index in [1.807, 2.05) is 0 Å². The van der Waals surface area contributed by atoms with Crippen molar-refractivity contribution >= 4 is 19.9 Å². The van der Waals surface area contributed by atoms with Crippen molar-refractivity contribution in [3.05, 3.63) is 34.9 Å². The molecule has 0 unspecified atom stereocenters. The number of tetrazole rings is 1. The lowest BCUT2D eigenvalue weighted by atomic mass is 10.2. The summed E-state index contributed by atoms with van der Waals surface area (Å²) in [5.74, 6) is 0.0883. The Morgan fingerprint density at radius 1 is 1.32 bits per heavy atom. The van der Waals surface area contributed by atoms with E-state index in [1.165, 1.54) is 16.8 Å². The summed E-state index contributed by atoms with van der Waals surface area (Å²) in [6.07, 6.45) is 0.